The maximum Gasteiger partial charge on any atom is 0.333 e. The maximum absolute atomic E-state index is 11.5. The van der Waals surface area contributed by atoms with E-state index in [4.69, 9.17) is 9.47 Å². The Bertz CT molecular complexity index is 444. The van der Waals surface area contributed by atoms with Crippen LogP contribution >= 0.6 is 0 Å². The van der Waals surface area contributed by atoms with Gasteiger partial charge in [0.25, 0.3) is 0 Å². The Morgan fingerprint density at radius 1 is 1.10 bits per heavy atom. The van der Waals surface area contributed by atoms with Crippen molar-refractivity contribution in [2.24, 2.45) is 4.99 Å². The van der Waals surface area contributed by atoms with Gasteiger partial charge < -0.3 is 9.47 Å². The van der Waals surface area contributed by atoms with Gasteiger partial charge in [-0.3, -0.25) is 0 Å². The quantitative estimate of drug-likeness (QED) is 0.281. The lowest BCUT2D eigenvalue weighted by atomic mass is 9.96. The Labute approximate surface area is 124 Å². The summed E-state index contributed by atoms with van der Waals surface area (Å²) in [6.07, 6.45) is 2.50. The second-order valence-electron chi connectivity index (χ2n) is 4.89. The molecule has 0 spiro atoms. The van der Waals surface area contributed by atoms with Crippen LogP contribution in [0.15, 0.2) is 29.3 Å². The van der Waals surface area contributed by atoms with E-state index in [1.165, 1.54) is 19.9 Å². The van der Waals surface area contributed by atoms with Gasteiger partial charge in [0.1, 0.15) is 18.8 Å². The fourth-order valence-corrected chi connectivity index (χ4v) is 1.51. The van der Waals surface area contributed by atoms with Gasteiger partial charge in [0.2, 0.25) is 6.08 Å². The van der Waals surface area contributed by atoms with Crippen LogP contribution in [0.4, 0.5) is 0 Å². The number of esters is 2. The van der Waals surface area contributed by atoms with Crippen LogP contribution in [0, 0.1) is 0 Å². The first-order valence-electron chi connectivity index (χ1n) is 6.52. The number of aliphatic imine (C=N–C) groups is 1. The number of carbonyl (C=O) groups excluding carboxylic acids is 3. The molecule has 6 heteroatoms. The summed E-state index contributed by atoms with van der Waals surface area (Å²) in [5.41, 5.74) is -0.670. The van der Waals surface area contributed by atoms with E-state index in [-0.39, 0.29) is 24.4 Å². The largest absolute Gasteiger partial charge is 0.460 e. The Morgan fingerprint density at radius 2 is 1.52 bits per heavy atom. The van der Waals surface area contributed by atoms with Crippen molar-refractivity contribution in [1.29, 1.82) is 0 Å². The molecular formula is C15H21NO5. The molecule has 116 valence electrons. The number of rotatable bonds is 9. The van der Waals surface area contributed by atoms with Crippen LogP contribution < -0.4 is 0 Å². The van der Waals surface area contributed by atoms with E-state index in [9.17, 15) is 14.4 Å². The molecule has 0 unspecified atom stereocenters. The normalized spacial score (nSPS) is 10.2. The summed E-state index contributed by atoms with van der Waals surface area (Å²) in [5.74, 6) is -1.19. The second kappa shape index (κ2) is 8.87. The third-order valence-corrected chi connectivity index (χ3v) is 2.64. The average molecular weight is 295 g/mol. The minimum atomic E-state index is -1.13. The van der Waals surface area contributed by atoms with Gasteiger partial charge in [0.05, 0.1) is 0 Å². The Kier molecular flexibility index (Phi) is 7.94. The summed E-state index contributed by atoms with van der Waals surface area (Å²) >= 11 is 0. The zero-order valence-electron chi connectivity index (χ0n) is 12.7. The highest BCUT2D eigenvalue weighted by Crippen LogP contribution is 2.20. The van der Waals surface area contributed by atoms with Gasteiger partial charge >= 0.3 is 11.9 Å². The van der Waals surface area contributed by atoms with Crippen molar-refractivity contribution >= 4 is 18.0 Å². The van der Waals surface area contributed by atoms with E-state index in [2.05, 4.69) is 18.2 Å². The number of nitrogens with zero attached hydrogens (tertiary/aromatic N) is 1. The van der Waals surface area contributed by atoms with Crippen molar-refractivity contribution in [3.05, 3.63) is 24.3 Å². The smallest absolute Gasteiger partial charge is 0.333 e. The number of ether oxygens (including phenoxy) is 2. The number of hydrogen-bond acceptors (Lipinski definition) is 6. The third kappa shape index (κ3) is 6.68. The van der Waals surface area contributed by atoms with Crippen molar-refractivity contribution in [1.82, 2.24) is 0 Å². The Morgan fingerprint density at radius 3 is 1.81 bits per heavy atom. The summed E-state index contributed by atoms with van der Waals surface area (Å²) in [6.45, 7) is 11.4. The predicted molar refractivity (Wildman–Crippen MR) is 77.3 cm³/mol. The van der Waals surface area contributed by atoms with E-state index < -0.39 is 17.5 Å². The number of carbonyl (C=O) groups is 2. The molecule has 6 nitrogen and oxygen atoms in total. The standard InChI is InChI=1S/C15H21NO5/c1-6-7-15(16-10-17,8-20-13(18)11(2)3)9-21-14(19)12(4)5/h2,4,6-9H2,1,3,5H3. The van der Waals surface area contributed by atoms with E-state index in [0.717, 1.165) is 0 Å². The van der Waals surface area contributed by atoms with Crippen LogP contribution in [-0.4, -0.2) is 36.8 Å². The van der Waals surface area contributed by atoms with Crippen molar-refractivity contribution in [3.8, 4) is 0 Å². The molecule has 0 atom stereocenters. The third-order valence-electron chi connectivity index (χ3n) is 2.64. The molecule has 0 aromatic heterocycles. The molecule has 0 fully saturated rings. The van der Waals surface area contributed by atoms with Gasteiger partial charge in [-0.05, 0) is 20.3 Å². The molecule has 0 aliphatic rings. The van der Waals surface area contributed by atoms with Crippen molar-refractivity contribution in [2.75, 3.05) is 13.2 Å². The predicted octanol–water partition coefficient (Wildman–Crippen LogP) is 2.10. The van der Waals surface area contributed by atoms with Crippen LogP contribution in [-0.2, 0) is 23.9 Å². The molecule has 0 saturated carbocycles. The summed E-state index contributed by atoms with van der Waals surface area (Å²) in [5, 5.41) is 0. The number of hydrogen-bond donors (Lipinski definition) is 0. The molecule has 0 radical (unpaired) electrons. The molecule has 0 heterocycles. The fraction of sp³-hybridized carbons (Fsp3) is 0.533. The minimum Gasteiger partial charge on any atom is -0.460 e. The minimum absolute atomic E-state index is 0.189. The molecule has 0 aromatic carbocycles. The molecular weight excluding hydrogens is 274 g/mol. The van der Waals surface area contributed by atoms with Gasteiger partial charge in [-0.25, -0.2) is 14.4 Å². The monoisotopic (exact) mass is 295 g/mol. The molecule has 21 heavy (non-hydrogen) atoms. The fourth-order valence-electron chi connectivity index (χ4n) is 1.51. The lowest BCUT2D eigenvalue weighted by molar-refractivity contribution is -0.145. The van der Waals surface area contributed by atoms with E-state index in [0.29, 0.717) is 12.8 Å². The summed E-state index contributed by atoms with van der Waals surface area (Å²) in [7, 11) is 0. The highest BCUT2D eigenvalue weighted by Gasteiger charge is 2.33. The van der Waals surface area contributed by atoms with Crippen LogP contribution in [0.25, 0.3) is 0 Å². The van der Waals surface area contributed by atoms with Gasteiger partial charge in [-0.2, -0.15) is 4.99 Å². The van der Waals surface area contributed by atoms with Crippen LogP contribution in [0.5, 0.6) is 0 Å². The summed E-state index contributed by atoms with van der Waals surface area (Å²) in [6, 6.07) is 0. The second-order valence-corrected chi connectivity index (χ2v) is 4.89. The van der Waals surface area contributed by atoms with Gasteiger partial charge in [-0.1, -0.05) is 26.5 Å². The van der Waals surface area contributed by atoms with Gasteiger partial charge in [0.15, 0.2) is 0 Å². The molecule has 0 N–H and O–H groups in total. The highest BCUT2D eigenvalue weighted by atomic mass is 16.5. The molecule has 0 aliphatic heterocycles. The first-order chi connectivity index (χ1) is 9.78. The lowest BCUT2D eigenvalue weighted by Crippen LogP contribution is -2.39. The first kappa shape index (κ1) is 18.8. The first-order valence-corrected chi connectivity index (χ1v) is 6.52. The highest BCUT2D eigenvalue weighted by molar-refractivity contribution is 5.87. The molecule has 0 saturated heterocycles. The van der Waals surface area contributed by atoms with Crippen molar-refractivity contribution in [3.63, 3.8) is 0 Å². The number of isocyanates is 1. The van der Waals surface area contributed by atoms with Crippen LogP contribution in [0.2, 0.25) is 0 Å². The molecule has 0 aliphatic carbocycles. The average Bonchev–Trinajstić information content (AvgIpc) is 2.42. The van der Waals surface area contributed by atoms with Crippen molar-refractivity contribution in [2.45, 2.75) is 39.2 Å². The summed E-state index contributed by atoms with van der Waals surface area (Å²) in [4.78, 5) is 37.3. The molecule has 0 aromatic rings. The van der Waals surface area contributed by atoms with E-state index in [1.807, 2.05) is 6.92 Å². The zero-order valence-corrected chi connectivity index (χ0v) is 12.7. The van der Waals surface area contributed by atoms with Crippen molar-refractivity contribution < 1.29 is 23.9 Å². The lowest BCUT2D eigenvalue weighted by Gasteiger charge is -2.26. The van der Waals surface area contributed by atoms with Gasteiger partial charge in [0, 0.05) is 11.1 Å². The molecule has 0 rings (SSSR count). The SMILES string of the molecule is C=C(C)C(=O)OCC(CCC)(COC(=O)C(=C)C)N=C=O. The topological polar surface area (TPSA) is 82.0 Å². The Balaban J connectivity index is 5.01. The molecule has 0 amide bonds. The van der Waals surface area contributed by atoms with Gasteiger partial charge in [-0.15, -0.1) is 0 Å². The van der Waals surface area contributed by atoms with E-state index in [1.54, 1.807) is 0 Å². The summed E-state index contributed by atoms with van der Waals surface area (Å²) < 4.78 is 10.1. The Hall–Kier alpha value is -2.20. The maximum atomic E-state index is 11.5. The molecule has 0 bridgehead atoms. The van der Waals surface area contributed by atoms with Crippen LogP contribution in [0.1, 0.15) is 33.6 Å². The van der Waals surface area contributed by atoms with E-state index >= 15 is 0 Å². The van der Waals surface area contributed by atoms with Crippen LogP contribution in [0.3, 0.4) is 0 Å². The zero-order chi connectivity index (χ0) is 16.5.